The van der Waals surface area contributed by atoms with E-state index in [1.54, 1.807) is 7.11 Å². The molecule has 0 bridgehead atoms. The maximum absolute atomic E-state index is 5.28. The number of hydrogen-bond donors (Lipinski definition) is 1. The number of ether oxygens (including phenoxy) is 1. The fourth-order valence-corrected chi connectivity index (χ4v) is 3.59. The van der Waals surface area contributed by atoms with E-state index in [-0.39, 0.29) is 0 Å². The molecule has 114 valence electrons. The molecule has 2 atom stereocenters. The van der Waals surface area contributed by atoms with Gasteiger partial charge in [-0.25, -0.2) is 0 Å². The van der Waals surface area contributed by atoms with Crippen molar-refractivity contribution >= 4 is 5.69 Å². The summed E-state index contributed by atoms with van der Waals surface area (Å²) in [5.41, 5.74) is 3.32. The summed E-state index contributed by atoms with van der Waals surface area (Å²) in [4.78, 5) is 7.12. The molecular formula is C18H21N3O. The van der Waals surface area contributed by atoms with Gasteiger partial charge in [0.2, 0.25) is 0 Å². The number of hydrogen-bond acceptors (Lipinski definition) is 4. The lowest BCUT2D eigenvalue weighted by Crippen LogP contribution is -2.25. The fourth-order valence-electron chi connectivity index (χ4n) is 3.59. The summed E-state index contributed by atoms with van der Waals surface area (Å²) in [7, 11) is 1.69. The first-order valence-electron chi connectivity index (χ1n) is 7.89. The molecule has 4 heteroatoms. The van der Waals surface area contributed by atoms with Crippen molar-refractivity contribution in [1.29, 1.82) is 0 Å². The monoisotopic (exact) mass is 295 g/mol. The molecule has 1 aromatic carbocycles. The molecule has 4 nitrogen and oxygen atoms in total. The Balaban J connectivity index is 1.53. The Bertz CT molecular complexity index is 644. The zero-order valence-corrected chi connectivity index (χ0v) is 12.8. The zero-order chi connectivity index (χ0) is 14.9. The summed E-state index contributed by atoms with van der Waals surface area (Å²) in [6.07, 6.45) is 2.00. The Labute approximate surface area is 131 Å². The maximum atomic E-state index is 5.28. The fraction of sp³-hybridized carbons (Fsp3) is 0.389. The highest BCUT2D eigenvalue weighted by Gasteiger charge is 2.36. The Morgan fingerprint density at radius 1 is 1.14 bits per heavy atom. The quantitative estimate of drug-likeness (QED) is 0.943. The van der Waals surface area contributed by atoms with Gasteiger partial charge in [-0.1, -0.05) is 12.1 Å². The lowest BCUT2D eigenvalue weighted by molar-refractivity contribution is 0.415. The number of nitrogens with zero attached hydrogens (tertiary/aromatic N) is 2. The van der Waals surface area contributed by atoms with E-state index in [1.165, 1.54) is 5.69 Å². The van der Waals surface area contributed by atoms with Crippen molar-refractivity contribution in [2.24, 2.45) is 11.8 Å². The van der Waals surface area contributed by atoms with E-state index < -0.39 is 0 Å². The molecule has 0 radical (unpaired) electrons. The summed E-state index contributed by atoms with van der Waals surface area (Å²) in [5.74, 6) is 2.47. The van der Waals surface area contributed by atoms with E-state index in [0.29, 0.717) is 0 Å². The summed E-state index contributed by atoms with van der Waals surface area (Å²) >= 11 is 0. The lowest BCUT2D eigenvalue weighted by atomic mass is 10.0. The van der Waals surface area contributed by atoms with Crippen LogP contribution in [0.4, 0.5) is 5.69 Å². The third-order valence-corrected chi connectivity index (χ3v) is 4.87. The molecule has 1 N–H and O–H groups in total. The minimum absolute atomic E-state index is 0.804. The van der Waals surface area contributed by atoms with E-state index in [4.69, 9.17) is 4.74 Å². The molecule has 2 aliphatic heterocycles. The SMILES string of the molecule is COc1cccc(-c2ccc(N3CC4CNCC4C3)cn2)c1. The predicted molar refractivity (Wildman–Crippen MR) is 88.3 cm³/mol. The molecule has 2 unspecified atom stereocenters. The van der Waals surface area contributed by atoms with Gasteiger partial charge in [0, 0.05) is 31.7 Å². The van der Waals surface area contributed by atoms with Crippen molar-refractivity contribution in [3.05, 3.63) is 42.6 Å². The van der Waals surface area contributed by atoms with Crippen LogP contribution in [0.2, 0.25) is 0 Å². The van der Waals surface area contributed by atoms with Gasteiger partial charge in [-0.15, -0.1) is 0 Å². The Morgan fingerprint density at radius 3 is 2.64 bits per heavy atom. The summed E-state index contributed by atoms with van der Waals surface area (Å²) < 4.78 is 5.28. The molecule has 4 rings (SSSR count). The van der Waals surface area contributed by atoms with Gasteiger partial charge in [-0.2, -0.15) is 0 Å². The number of fused-ring (bicyclic) bond motifs is 1. The van der Waals surface area contributed by atoms with Crippen LogP contribution in [0, 0.1) is 11.8 Å². The predicted octanol–water partition coefficient (Wildman–Crippen LogP) is 2.41. The number of benzene rings is 1. The van der Waals surface area contributed by atoms with Gasteiger partial charge >= 0.3 is 0 Å². The van der Waals surface area contributed by atoms with E-state index in [2.05, 4.69) is 33.4 Å². The standard InChI is InChI=1S/C18H21N3O/c1-22-17-4-2-3-13(7-17)18-6-5-16(10-20-18)21-11-14-8-19-9-15(14)12-21/h2-7,10,14-15,19H,8-9,11-12H2,1H3. The van der Waals surface area contributed by atoms with Crippen molar-refractivity contribution in [2.75, 3.05) is 38.2 Å². The first-order valence-corrected chi connectivity index (χ1v) is 7.89. The second-order valence-corrected chi connectivity index (χ2v) is 6.22. The van der Waals surface area contributed by atoms with Gasteiger partial charge in [0.15, 0.2) is 0 Å². The van der Waals surface area contributed by atoms with Crippen molar-refractivity contribution in [1.82, 2.24) is 10.3 Å². The number of nitrogens with one attached hydrogen (secondary N) is 1. The van der Waals surface area contributed by atoms with Crippen LogP contribution in [-0.4, -0.2) is 38.3 Å². The second-order valence-electron chi connectivity index (χ2n) is 6.22. The highest BCUT2D eigenvalue weighted by molar-refractivity contribution is 5.63. The second kappa shape index (κ2) is 5.61. The van der Waals surface area contributed by atoms with E-state index in [9.17, 15) is 0 Å². The van der Waals surface area contributed by atoms with Gasteiger partial charge < -0.3 is 15.0 Å². The number of pyridine rings is 1. The minimum Gasteiger partial charge on any atom is -0.497 e. The van der Waals surface area contributed by atoms with Gasteiger partial charge in [0.05, 0.1) is 24.7 Å². The smallest absolute Gasteiger partial charge is 0.119 e. The van der Waals surface area contributed by atoms with Crippen molar-refractivity contribution in [3.63, 3.8) is 0 Å². The number of aromatic nitrogens is 1. The third kappa shape index (κ3) is 2.44. The average molecular weight is 295 g/mol. The largest absolute Gasteiger partial charge is 0.497 e. The molecule has 1 aromatic heterocycles. The maximum Gasteiger partial charge on any atom is 0.119 e. The molecule has 2 aromatic rings. The Hall–Kier alpha value is -2.07. The van der Waals surface area contributed by atoms with Gasteiger partial charge in [0.1, 0.15) is 5.75 Å². The van der Waals surface area contributed by atoms with E-state index in [1.807, 2.05) is 24.4 Å². The van der Waals surface area contributed by atoms with Gasteiger partial charge in [0.25, 0.3) is 0 Å². The highest BCUT2D eigenvalue weighted by Crippen LogP contribution is 2.31. The number of methoxy groups -OCH3 is 1. The molecule has 22 heavy (non-hydrogen) atoms. The zero-order valence-electron chi connectivity index (χ0n) is 12.8. The van der Waals surface area contributed by atoms with E-state index in [0.717, 1.165) is 55.0 Å². The minimum atomic E-state index is 0.804. The summed E-state index contributed by atoms with van der Waals surface area (Å²) in [6, 6.07) is 12.3. The van der Waals surface area contributed by atoms with Crippen LogP contribution in [0.1, 0.15) is 0 Å². The molecule has 2 fully saturated rings. The van der Waals surface area contributed by atoms with Crippen LogP contribution < -0.4 is 15.0 Å². The Kier molecular flexibility index (Phi) is 3.47. The first kappa shape index (κ1) is 13.6. The number of rotatable bonds is 3. The van der Waals surface area contributed by atoms with Gasteiger partial charge in [-0.3, -0.25) is 4.98 Å². The van der Waals surface area contributed by atoms with E-state index >= 15 is 0 Å². The lowest BCUT2D eigenvalue weighted by Gasteiger charge is -2.19. The molecule has 2 saturated heterocycles. The first-order chi connectivity index (χ1) is 10.8. The molecule has 0 spiro atoms. The molecule has 2 aliphatic rings. The average Bonchev–Trinajstić information content (AvgIpc) is 3.17. The molecule has 0 amide bonds. The Morgan fingerprint density at radius 2 is 1.95 bits per heavy atom. The van der Waals surface area contributed by atoms with Crippen LogP contribution in [-0.2, 0) is 0 Å². The molecule has 0 saturated carbocycles. The van der Waals surface area contributed by atoms with Crippen LogP contribution in [0.15, 0.2) is 42.6 Å². The van der Waals surface area contributed by atoms with Crippen molar-refractivity contribution in [2.45, 2.75) is 0 Å². The van der Waals surface area contributed by atoms with Crippen molar-refractivity contribution in [3.8, 4) is 17.0 Å². The van der Waals surface area contributed by atoms with Crippen molar-refractivity contribution < 1.29 is 4.74 Å². The molecular weight excluding hydrogens is 274 g/mol. The topological polar surface area (TPSA) is 37.4 Å². The van der Waals surface area contributed by atoms with Crippen LogP contribution in [0.25, 0.3) is 11.3 Å². The third-order valence-electron chi connectivity index (χ3n) is 4.87. The highest BCUT2D eigenvalue weighted by atomic mass is 16.5. The van der Waals surface area contributed by atoms with Crippen LogP contribution in [0.5, 0.6) is 5.75 Å². The molecule has 0 aliphatic carbocycles. The van der Waals surface area contributed by atoms with Gasteiger partial charge in [-0.05, 0) is 36.1 Å². The molecule has 3 heterocycles. The van der Waals surface area contributed by atoms with Crippen LogP contribution in [0.3, 0.4) is 0 Å². The normalized spacial score (nSPS) is 23.6. The van der Waals surface area contributed by atoms with Crippen LogP contribution >= 0.6 is 0 Å². The summed E-state index contributed by atoms with van der Waals surface area (Å²) in [5, 5.41) is 3.48. The number of anilines is 1. The summed E-state index contributed by atoms with van der Waals surface area (Å²) in [6.45, 7) is 4.63.